The first-order chi connectivity index (χ1) is 10.4. The third-order valence-corrected chi connectivity index (χ3v) is 3.65. The molecule has 9 nitrogen and oxygen atoms in total. The molecule has 0 spiro atoms. The minimum atomic E-state index is -3.36. The van der Waals surface area contributed by atoms with Gasteiger partial charge in [-0.05, 0) is 19.1 Å². The fourth-order valence-electron chi connectivity index (χ4n) is 2.07. The van der Waals surface area contributed by atoms with E-state index in [9.17, 15) is 13.2 Å². The van der Waals surface area contributed by atoms with Crippen LogP contribution in [-0.4, -0.2) is 68.6 Å². The van der Waals surface area contributed by atoms with Crippen LogP contribution in [0.2, 0.25) is 0 Å². The molecule has 0 saturated carbocycles. The van der Waals surface area contributed by atoms with E-state index in [1.54, 1.807) is 24.0 Å². The van der Waals surface area contributed by atoms with E-state index in [2.05, 4.69) is 14.9 Å². The summed E-state index contributed by atoms with van der Waals surface area (Å²) >= 11 is 0. The normalized spacial score (nSPS) is 15.5. The van der Waals surface area contributed by atoms with Crippen molar-refractivity contribution >= 4 is 27.8 Å². The summed E-state index contributed by atoms with van der Waals surface area (Å²) in [5, 5.41) is 7.84. The number of piperazine rings is 1. The van der Waals surface area contributed by atoms with Crippen molar-refractivity contribution in [1.29, 1.82) is 0 Å². The van der Waals surface area contributed by atoms with Gasteiger partial charge in [0.15, 0.2) is 11.6 Å². The standard InChI is InChI=1S/C12H19N5O4S/c1-3-21-12(18)17-8-6-16(7-9-17)11-5-4-10(13-14-11)15-22(2,19)20/h4-5H,3,6-9H2,1-2H3,(H,13,15). The van der Waals surface area contributed by atoms with E-state index in [0.29, 0.717) is 38.6 Å². The van der Waals surface area contributed by atoms with Crippen LogP contribution in [0.1, 0.15) is 6.92 Å². The minimum absolute atomic E-state index is 0.177. The molecule has 1 aromatic rings. The molecule has 2 heterocycles. The van der Waals surface area contributed by atoms with Crippen LogP contribution < -0.4 is 9.62 Å². The molecule has 1 fully saturated rings. The Morgan fingerprint density at radius 2 is 1.95 bits per heavy atom. The highest BCUT2D eigenvalue weighted by atomic mass is 32.2. The molecule has 0 radical (unpaired) electrons. The van der Waals surface area contributed by atoms with Crippen molar-refractivity contribution < 1.29 is 17.9 Å². The van der Waals surface area contributed by atoms with Gasteiger partial charge in [-0.15, -0.1) is 10.2 Å². The largest absolute Gasteiger partial charge is 0.450 e. The van der Waals surface area contributed by atoms with Gasteiger partial charge in [0.2, 0.25) is 10.0 Å². The molecule has 22 heavy (non-hydrogen) atoms. The summed E-state index contributed by atoms with van der Waals surface area (Å²) < 4.78 is 29.4. The summed E-state index contributed by atoms with van der Waals surface area (Å²) in [6.07, 6.45) is 0.748. The van der Waals surface area contributed by atoms with Gasteiger partial charge in [0.1, 0.15) is 0 Å². The maximum atomic E-state index is 11.6. The van der Waals surface area contributed by atoms with E-state index in [-0.39, 0.29) is 11.9 Å². The summed E-state index contributed by atoms with van der Waals surface area (Å²) in [4.78, 5) is 15.2. The number of carbonyl (C=O) groups excluding carboxylic acids is 1. The van der Waals surface area contributed by atoms with Crippen molar-refractivity contribution in [3.8, 4) is 0 Å². The number of nitrogens with one attached hydrogen (secondary N) is 1. The van der Waals surface area contributed by atoms with E-state index in [0.717, 1.165) is 6.26 Å². The SMILES string of the molecule is CCOC(=O)N1CCN(c2ccc(NS(C)(=O)=O)nn2)CC1. The molecule has 1 N–H and O–H groups in total. The Balaban J connectivity index is 1.93. The third kappa shape index (κ3) is 4.45. The van der Waals surface area contributed by atoms with E-state index in [4.69, 9.17) is 4.74 Å². The number of aromatic nitrogens is 2. The van der Waals surface area contributed by atoms with Gasteiger partial charge >= 0.3 is 6.09 Å². The fourth-order valence-corrected chi connectivity index (χ4v) is 2.56. The molecule has 1 aliphatic rings. The molecule has 1 aromatic heterocycles. The second-order valence-electron chi connectivity index (χ2n) is 4.82. The Bertz CT molecular complexity index is 611. The molecule has 2 rings (SSSR count). The highest BCUT2D eigenvalue weighted by Gasteiger charge is 2.22. The van der Waals surface area contributed by atoms with Gasteiger partial charge < -0.3 is 14.5 Å². The molecule has 1 amide bonds. The molecular formula is C12H19N5O4S. The number of sulfonamides is 1. The summed E-state index contributed by atoms with van der Waals surface area (Å²) in [5.74, 6) is 0.818. The van der Waals surface area contributed by atoms with Crippen LogP contribution in [0.4, 0.5) is 16.4 Å². The van der Waals surface area contributed by atoms with Crippen molar-refractivity contribution in [1.82, 2.24) is 15.1 Å². The zero-order valence-electron chi connectivity index (χ0n) is 12.5. The lowest BCUT2D eigenvalue weighted by Gasteiger charge is -2.34. The van der Waals surface area contributed by atoms with Gasteiger partial charge in [-0.1, -0.05) is 0 Å². The van der Waals surface area contributed by atoms with E-state index in [1.807, 2.05) is 4.90 Å². The number of anilines is 2. The molecular weight excluding hydrogens is 310 g/mol. The van der Waals surface area contributed by atoms with Gasteiger partial charge in [0.05, 0.1) is 12.9 Å². The average Bonchev–Trinajstić information content (AvgIpc) is 2.47. The molecule has 1 saturated heterocycles. The van der Waals surface area contributed by atoms with Crippen molar-refractivity contribution in [2.24, 2.45) is 0 Å². The second-order valence-corrected chi connectivity index (χ2v) is 6.57. The second kappa shape index (κ2) is 6.77. The maximum Gasteiger partial charge on any atom is 0.409 e. The Kier molecular flexibility index (Phi) is 5.01. The lowest BCUT2D eigenvalue weighted by atomic mass is 10.3. The third-order valence-electron chi connectivity index (χ3n) is 3.07. The lowest BCUT2D eigenvalue weighted by Crippen LogP contribution is -2.49. The predicted molar refractivity (Wildman–Crippen MR) is 81.3 cm³/mol. The summed E-state index contributed by atoms with van der Waals surface area (Å²) in [6.45, 7) is 4.46. The van der Waals surface area contributed by atoms with Gasteiger partial charge in [-0.2, -0.15) is 0 Å². The highest BCUT2D eigenvalue weighted by Crippen LogP contribution is 2.15. The highest BCUT2D eigenvalue weighted by molar-refractivity contribution is 7.92. The van der Waals surface area contributed by atoms with Crippen molar-refractivity contribution in [2.45, 2.75) is 6.92 Å². The van der Waals surface area contributed by atoms with Gasteiger partial charge in [-0.3, -0.25) is 4.72 Å². The number of rotatable bonds is 4. The Hall–Kier alpha value is -2.10. The minimum Gasteiger partial charge on any atom is -0.450 e. The van der Waals surface area contributed by atoms with Crippen molar-refractivity contribution in [3.63, 3.8) is 0 Å². The van der Waals surface area contributed by atoms with E-state index >= 15 is 0 Å². The molecule has 0 bridgehead atoms. The monoisotopic (exact) mass is 329 g/mol. The van der Waals surface area contributed by atoms with Gasteiger partial charge in [0, 0.05) is 26.2 Å². The average molecular weight is 329 g/mol. The molecule has 0 unspecified atom stereocenters. The number of hydrogen-bond donors (Lipinski definition) is 1. The summed E-state index contributed by atoms with van der Waals surface area (Å²) in [5.41, 5.74) is 0. The Morgan fingerprint density at radius 1 is 1.27 bits per heavy atom. The quantitative estimate of drug-likeness (QED) is 0.837. The summed E-state index contributed by atoms with van der Waals surface area (Å²) in [7, 11) is -3.36. The smallest absolute Gasteiger partial charge is 0.409 e. The van der Waals surface area contributed by atoms with Gasteiger partial charge in [-0.25, -0.2) is 13.2 Å². The maximum absolute atomic E-state index is 11.6. The predicted octanol–water partition coefficient (Wildman–Crippen LogP) is 0.127. The van der Waals surface area contributed by atoms with Crippen LogP contribution in [-0.2, 0) is 14.8 Å². The first kappa shape index (κ1) is 16.3. The molecule has 122 valence electrons. The topological polar surface area (TPSA) is 105 Å². The number of amides is 1. The van der Waals surface area contributed by atoms with E-state index in [1.165, 1.54) is 0 Å². The van der Waals surface area contributed by atoms with Crippen molar-refractivity contribution in [2.75, 3.05) is 48.7 Å². The lowest BCUT2D eigenvalue weighted by molar-refractivity contribution is 0.105. The molecule has 0 aliphatic carbocycles. The molecule has 1 aliphatic heterocycles. The number of carbonyl (C=O) groups is 1. The fraction of sp³-hybridized carbons (Fsp3) is 0.583. The van der Waals surface area contributed by atoms with Crippen LogP contribution in [0.15, 0.2) is 12.1 Å². The van der Waals surface area contributed by atoms with Crippen LogP contribution in [0.25, 0.3) is 0 Å². The Labute approximate surface area is 129 Å². The first-order valence-electron chi connectivity index (χ1n) is 6.87. The van der Waals surface area contributed by atoms with Gasteiger partial charge in [0.25, 0.3) is 0 Å². The zero-order chi connectivity index (χ0) is 16.2. The van der Waals surface area contributed by atoms with Crippen LogP contribution in [0, 0.1) is 0 Å². The van der Waals surface area contributed by atoms with Crippen LogP contribution in [0.5, 0.6) is 0 Å². The first-order valence-corrected chi connectivity index (χ1v) is 8.76. The van der Waals surface area contributed by atoms with E-state index < -0.39 is 10.0 Å². The van der Waals surface area contributed by atoms with Crippen molar-refractivity contribution in [3.05, 3.63) is 12.1 Å². The molecule has 0 atom stereocenters. The number of ether oxygens (including phenoxy) is 1. The summed E-state index contributed by atoms with van der Waals surface area (Å²) in [6, 6.07) is 3.25. The zero-order valence-corrected chi connectivity index (χ0v) is 13.3. The van der Waals surface area contributed by atoms with Crippen LogP contribution in [0.3, 0.4) is 0 Å². The van der Waals surface area contributed by atoms with Crippen LogP contribution >= 0.6 is 0 Å². The molecule has 0 aromatic carbocycles. The Morgan fingerprint density at radius 3 is 2.45 bits per heavy atom. The molecule has 10 heteroatoms. The number of nitrogens with zero attached hydrogens (tertiary/aromatic N) is 4. The number of hydrogen-bond acceptors (Lipinski definition) is 7.